The Kier molecular flexibility index (Phi) is 3.53. The van der Waals surface area contributed by atoms with Crippen LogP contribution in [-0.4, -0.2) is 5.38 Å². The van der Waals surface area contributed by atoms with Crippen LogP contribution in [0.25, 0.3) is 0 Å². The molecule has 2 unspecified atom stereocenters. The van der Waals surface area contributed by atoms with Gasteiger partial charge >= 0.3 is 0 Å². The topological polar surface area (TPSA) is 0 Å². The van der Waals surface area contributed by atoms with E-state index >= 15 is 0 Å². The Balaban J connectivity index is 2.07. The molecule has 15 heavy (non-hydrogen) atoms. The number of halogens is 3. The van der Waals surface area contributed by atoms with E-state index < -0.39 is 0 Å². The third-order valence-electron chi connectivity index (χ3n) is 3.05. The molecule has 1 aromatic rings. The summed E-state index contributed by atoms with van der Waals surface area (Å²) in [6.45, 7) is 0. The Morgan fingerprint density at radius 3 is 2.73 bits per heavy atom. The second kappa shape index (κ2) is 4.71. The molecule has 1 aliphatic carbocycles. The minimum absolute atomic E-state index is 0.188. The van der Waals surface area contributed by atoms with Crippen LogP contribution in [-0.2, 0) is 6.42 Å². The van der Waals surface area contributed by atoms with Crippen LogP contribution < -0.4 is 0 Å². The molecule has 2 atom stereocenters. The van der Waals surface area contributed by atoms with Crippen molar-refractivity contribution >= 4 is 23.2 Å². The highest BCUT2D eigenvalue weighted by atomic mass is 35.5. The summed E-state index contributed by atoms with van der Waals surface area (Å²) in [5.74, 6) is 0.158. The first kappa shape index (κ1) is 11.2. The van der Waals surface area contributed by atoms with Gasteiger partial charge in [0, 0.05) is 5.38 Å². The summed E-state index contributed by atoms with van der Waals surface area (Å²) in [7, 11) is 0. The van der Waals surface area contributed by atoms with Crippen molar-refractivity contribution < 1.29 is 4.39 Å². The average Bonchev–Trinajstić information content (AvgIpc) is 2.59. The molecule has 2 rings (SSSR count). The van der Waals surface area contributed by atoms with Crippen molar-refractivity contribution in [2.75, 3.05) is 0 Å². The molecule has 0 heterocycles. The Morgan fingerprint density at radius 1 is 1.33 bits per heavy atom. The fourth-order valence-electron chi connectivity index (χ4n) is 2.19. The Hall–Kier alpha value is -0.270. The quantitative estimate of drug-likeness (QED) is 0.678. The van der Waals surface area contributed by atoms with Crippen LogP contribution in [0.4, 0.5) is 4.39 Å². The third-order valence-corrected chi connectivity index (χ3v) is 3.93. The zero-order valence-corrected chi connectivity index (χ0v) is 9.86. The summed E-state index contributed by atoms with van der Waals surface area (Å²) in [6, 6.07) is 5.02. The number of alkyl halides is 1. The van der Waals surface area contributed by atoms with Crippen LogP contribution in [0.1, 0.15) is 24.8 Å². The van der Waals surface area contributed by atoms with Crippen LogP contribution in [0.5, 0.6) is 0 Å². The zero-order chi connectivity index (χ0) is 10.8. The molecule has 1 aromatic carbocycles. The van der Waals surface area contributed by atoms with Gasteiger partial charge < -0.3 is 0 Å². The van der Waals surface area contributed by atoms with Crippen molar-refractivity contribution in [3.8, 4) is 0 Å². The van der Waals surface area contributed by atoms with Crippen LogP contribution in [0, 0.1) is 11.7 Å². The van der Waals surface area contributed by atoms with Gasteiger partial charge in [0.15, 0.2) is 0 Å². The van der Waals surface area contributed by atoms with Crippen molar-refractivity contribution in [3.05, 3.63) is 34.6 Å². The minimum atomic E-state index is -0.335. The highest BCUT2D eigenvalue weighted by Gasteiger charge is 2.25. The maximum absolute atomic E-state index is 13.2. The van der Waals surface area contributed by atoms with Crippen molar-refractivity contribution in [3.63, 3.8) is 0 Å². The Labute approximate surface area is 99.4 Å². The highest BCUT2D eigenvalue weighted by molar-refractivity contribution is 6.30. The van der Waals surface area contributed by atoms with Gasteiger partial charge in [0.1, 0.15) is 5.82 Å². The van der Waals surface area contributed by atoms with E-state index in [2.05, 4.69) is 0 Å². The summed E-state index contributed by atoms with van der Waals surface area (Å²) in [6.07, 6.45) is 4.29. The summed E-state index contributed by atoms with van der Waals surface area (Å²) < 4.78 is 13.2. The van der Waals surface area contributed by atoms with Crippen molar-refractivity contribution in [2.24, 2.45) is 5.92 Å². The van der Waals surface area contributed by atoms with Gasteiger partial charge in [-0.15, -0.1) is 11.6 Å². The molecule has 0 bridgehead atoms. The summed E-state index contributed by atoms with van der Waals surface area (Å²) in [5, 5.41) is 0.441. The number of rotatable bonds is 2. The van der Waals surface area contributed by atoms with Crippen LogP contribution in [0.3, 0.4) is 0 Å². The molecule has 1 fully saturated rings. The SMILES string of the molecule is Fc1cc(CC2CCCC2Cl)ccc1Cl. The maximum Gasteiger partial charge on any atom is 0.142 e. The molecule has 0 radical (unpaired) electrons. The fraction of sp³-hybridized carbons (Fsp3) is 0.500. The van der Waals surface area contributed by atoms with Gasteiger partial charge in [0.25, 0.3) is 0 Å². The van der Waals surface area contributed by atoms with Gasteiger partial charge in [0.2, 0.25) is 0 Å². The average molecular weight is 247 g/mol. The van der Waals surface area contributed by atoms with Gasteiger partial charge in [-0.3, -0.25) is 0 Å². The van der Waals surface area contributed by atoms with Crippen molar-refractivity contribution in [1.82, 2.24) is 0 Å². The lowest BCUT2D eigenvalue weighted by molar-refractivity contribution is 0.548. The maximum atomic E-state index is 13.2. The first-order valence-electron chi connectivity index (χ1n) is 5.25. The fourth-order valence-corrected chi connectivity index (χ4v) is 2.68. The molecule has 0 spiro atoms. The van der Waals surface area contributed by atoms with E-state index in [9.17, 15) is 4.39 Å². The van der Waals surface area contributed by atoms with Crippen LogP contribution in [0.2, 0.25) is 5.02 Å². The summed E-state index contributed by atoms with van der Waals surface area (Å²) >= 11 is 11.8. The molecule has 0 amide bonds. The van der Waals surface area contributed by atoms with E-state index in [4.69, 9.17) is 23.2 Å². The van der Waals surface area contributed by atoms with E-state index in [-0.39, 0.29) is 16.2 Å². The molecular formula is C12H13Cl2F. The number of benzene rings is 1. The highest BCUT2D eigenvalue weighted by Crippen LogP contribution is 2.33. The molecule has 1 saturated carbocycles. The second-order valence-corrected chi connectivity index (χ2v) is 5.13. The minimum Gasteiger partial charge on any atom is -0.205 e. The predicted octanol–water partition coefficient (Wildman–Crippen LogP) is 4.43. The largest absolute Gasteiger partial charge is 0.205 e. The van der Waals surface area contributed by atoms with Crippen LogP contribution in [0.15, 0.2) is 18.2 Å². The second-order valence-electron chi connectivity index (χ2n) is 4.16. The molecule has 1 aliphatic rings. The normalized spacial score (nSPS) is 25.8. The summed E-state index contributed by atoms with van der Waals surface area (Å²) in [4.78, 5) is 0. The lowest BCUT2D eigenvalue weighted by Crippen LogP contribution is -2.10. The molecule has 82 valence electrons. The number of hydrogen-bond donors (Lipinski definition) is 0. The predicted molar refractivity (Wildman–Crippen MR) is 62.1 cm³/mol. The first-order valence-corrected chi connectivity index (χ1v) is 6.06. The van der Waals surface area contributed by atoms with E-state index in [1.54, 1.807) is 6.07 Å². The first-order chi connectivity index (χ1) is 7.16. The molecule has 0 saturated heterocycles. The van der Waals surface area contributed by atoms with Crippen molar-refractivity contribution in [2.45, 2.75) is 31.1 Å². The Morgan fingerprint density at radius 2 is 2.13 bits per heavy atom. The molecular weight excluding hydrogens is 234 g/mol. The van der Waals surface area contributed by atoms with Gasteiger partial charge in [-0.25, -0.2) is 4.39 Å². The molecule has 0 nitrogen and oxygen atoms in total. The van der Waals surface area contributed by atoms with E-state index in [1.165, 1.54) is 12.5 Å². The van der Waals surface area contributed by atoms with E-state index in [0.717, 1.165) is 24.8 Å². The standard InChI is InChI=1S/C12H13Cl2F/c13-10-3-1-2-9(10)6-8-4-5-11(14)12(15)7-8/h4-5,7,9-10H,1-3,6H2. The van der Waals surface area contributed by atoms with Gasteiger partial charge in [-0.05, 0) is 42.9 Å². The van der Waals surface area contributed by atoms with Gasteiger partial charge in [-0.1, -0.05) is 24.1 Å². The monoisotopic (exact) mass is 246 g/mol. The summed E-state index contributed by atoms with van der Waals surface area (Å²) in [5.41, 5.74) is 0.995. The number of hydrogen-bond acceptors (Lipinski definition) is 0. The molecule has 0 aliphatic heterocycles. The van der Waals surface area contributed by atoms with Gasteiger partial charge in [-0.2, -0.15) is 0 Å². The van der Waals surface area contributed by atoms with Crippen molar-refractivity contribution in [1.29, 1.82) is 0 Å². The lowest BCUT2D eigenvalue weighted by atomic mass is 9.98. The van der Waals surface area contributed by atoms with Crippen LogP contribution >= 0.6 is 23.2 Å². The third kappa shape index (κ3) is 2.64. The zero-order valence-electron chi connectivity index (χ0n) is 8.35. The van der Waals surface area contributed by atoms with E-state index in [0.29, 0.717) is 5.92 Å². The molecule has 0 aromatic heterocycles. The Bertz CT molecular complexity index is 351. The van der Waals surface area contributed by atoms with Gasteiger partial charge in [0.05, 0.1) is 5.02 Å². The lowest BCUT2D eigenvalue weighted by Gasteiger charge is -2.13. The molecule has 3 heteroatoms. The van der Waals surface area contributed by atoms with E-state index in [1.807, 2.05) is 6.07 Å². The molecule has 0 N–H and O–H groups in total. The smallest absolute Gasteiger partial charge is 0.142 e.